The molecule has 2 N–H and O–H groups in total. The molecular weight excluding hydrogens is 282 g/mol. The second kappa shape index (κ2) is 6.08. The van der Waals surface area contributed by atoms with Crippen LogP contribution in [0.1, 0.15) is 24.9 Å². The molecule has 3 heterocycles. The maximum absolute atomic E-state index is 12.3. The van der Waals surface area contributed by atoms with Crippen LogP contribution in [0, 0.1) is 11.8 Å². The predicted octanol–water partition coefficient (Wildman–Crippen LogP) is -0.00300. The van der Waals surface area contributed by atoms with Gasteiger partial charge in [-0.2, -0.15) is 5.10 Å². The fourth-order valence-electron chi connectivity index (χ4n) is 3.74. The highest BCUT2D eigenvalue weighted by atomic mass is 16.2. The smallest absolute Gasteiger partial charge is 0.241 e. The average molecular weight is 305 g/mol. The summed E-state index contributed by atoms with van der Waals surface area (Å²) >= 11 is 0. The van der Waals surface area contributed by atoms with Crippen LogP contribution < -0.4 is 5.32 Å². The molecule has 2 aliphatic rings. The molecule has 2 fully saturated rings. The standard InChI is InChI=1S/C15H23N5O2/c1-3-13(21)19-6-11-8-20(9-12(11)7-19)14(15(22)16-2)10-4-17-18-5-10/h4-5,11-12,14H,3,6-9H2,1-2H3,(H,16,22)(H,17,18). The Morgan fingerprint density at radius 1 is 1.36 bits per heavy atom. The maximum atomic E-state index is 12.3. The zero-order valence-corrected chi connectivity index (χ0v) is 13.1. The van der Waals surface area contributed by atoms with Crippen LogP contribution in [0.3, 0.4) is 0 Å². The number of aromatic amines is 1. The first-order chi connectivity index (χ1) is 10.6. The van der Waals surface area contributed by atoms with Crippen molar-refractivity contribution in [3.8, 4) is 0 Å². The summed E-state index contributed by atoms with van der Waals surface area (Å²) in [6, 6.07) is -0.301. The lowest BCUT2D eigenvalue weighted by molar-refractivity contribution is -0.130. The third kappa shape index (κ3) is 2.61. The molecule has 3 rings (SSSR count). The van der Waals surface area contributed by atoms with Crippen molar-refractivity contribution in [1.82, 2.24) is 25.3 Å². The Morgan fingerprint density at radius 3 is 2.55 bits per heavy atom. The van der Waals surface area contributed by atoms with Gasteiger partial charge >= 0.3 is 0 Å². The third-order valence-electron chi connectivity index (χ3n) is 4.86. The zero-order valence-electron chi connectivity index (χ0n) is 13.1. The predicted molar refractivity (Wildman–Crippen MR) is 80.8 cm³/mol. The minimum Gasteiger partial charge on any atom is -0.358 e. The van der Waals surface area contributed by atoms with Gasteiger partial charge in [0.15, 0.2) is 0 Å². The maximum Gasteiger partial charge on any atom is 0.241 e. The normalized spacial score (nSPS) is 26.0. The van der Waals surface area contributed by atoms with Crippen molar-refractivity contribution in [2.24, 2.45) is 11.8 Å². The van der Waals surface area contributed by atoms with E-state index in [-0.39, 0.29) is 17.9 Å². The summed E-state index contributed by atoms with van der Waals surface area (Å²) < 4.78 is 0. The van der Waals surface area contributed by atoms with Gasteiger partial charge in [0.05, 0.1) is 6.20 Å². The van der Waals surface area contributed by atoms with Crippen LogP contribution in [0.5, 0.6) is 0 Å². The number of amides is 2. The van der Waals surface area contributed by atoms with E-state index in [2.05, 4.69) is 20.4 Å². The van der Waals surface area contributed by atoms with Crippen LogP contribution in [0.2, 0.25) is 0 Å². The van der Waals surface area contributed by atoms with Gasteiger partial charge in [-0.15, -0.1) is 0 Å². The SMILES string of the molecule is CCC(=O)N1CC2CN(C(C(=O)NC)c3cn[nH]c3)CC2C1. The molecule has 0 radical (unpaired) electrons. The van der Waals surface area contributed by atoms with Gasteiger partial charge in [0.1, 0.15) is 6.04 Å². The number of nitrogens with zero attached hydrogens (tertiary/aromatic N) is 3. The molecule has 0 saturated carbocycles. The van der Waals surface area contributed by atoms with Crippen molar-refractivity contribution in [3.63, 3.8) is 0 Å². The summed E-state index contributed by atoms with van der Waals surface area (Å²) in [5, 5.41) is 9.49. The molecule has 2 saturated heterocycles. The van der Waals surface area contributed by atoms with E-state index >= 15 is 0 Å². The number of hydrogen-bond acceptors (Lipinski definition) is 4. The van der Waals surface area contributed by atoms with Crippen LogP contribution >= 0.6 is 0 Å². The summed E-state index contributed by atoms with van der Waals surface area (Å²) in [5.74, 6) is 1.16. The van der Waals surface area contributed by atoms with Crippen LogP contribution in [-0.2, 0) is 9.59 Å². The Balaban J connectivity index is 1.70. The van der Waals surface area contributed by atoms with Crippen molar-refractivity contribution in [1.29, 1.82) is 0 Å². The van der Waals surface area contributed by atoms with Gasteiger partial charge < -0.3 is 10.2 Å². The summed E-state index contributed by atoms with van der Waals surface area (Å²) in [7, 11) is 1.66. The lowest BCUT2D eigenvalue weighted by Gasteiger charge is -2.27. The van der Waals surface area contributed by atoms with Crippen LogP contribution in [-0.4, -0.2) is 65.0 Å². The van der Waals surface area contributed by atoms with Crippen molar-refractivity contribution < 1.29 is 9.59 Å². The first-order valence-corrected chi connectivity index (χ1v) is 7.86. The van der Waals surface area contributed by atoms with E-state index in [1.165, 1.54) is 0 Å². The molecule has 1 aromatic rings. The largest absolute Gasteiger partial charge is 0.358 e. The fourth-order valence-corrected chi connectivity index (χ4v) is 3.74. The second-order valence-corrected chi connectivity index (χ2v) is 6.17. The van der Waals surface area contributed by atoms with Crippen molar-refractivity contribution in [2.75, 3.05) is 33.2 Å². The monoisotopic (exact) mass is 305 g/mol. The molecule has 0 spiro atoms. The molecule has 1 aromatic heterocycles. The van der Waals surface area contributed by atoms with Gasteiger partial charge in [-0.3, -0.25) is 19.6 Å². The van der Waals surface area contributed by atoms with E-state index in [9.17, 15) is 9.59 Å². The Bertz CT molecular complexity index is 530. The second-order valence-electron chi connectivity index (χ2n) is 6.17. The molecule has 0 aromatic carbocycles. The molecule has 22 heavy (non-hydrogen) atoms. The van der Waals surface area contributed by atoms with E-state index in [4.69, 9.17) is 0 Å². The summed E-state index contributed by atoms with van der Waals surface area (Å²) in [4.78, 5) is 28.3. The topological polar surface area (TPSA) is 81.3 Å². The summed E-state index contributed by atoms with van der Waals surface area (Å²) in [6.45, 7) is 5.24. The molecule has 7 nitrogen and oxygen atoms in total. The molecule has 7 heteroatoms. The lowest BCUT2D eigenvalue weighted by atomic mass is 10.0. The quantitative estimate of drug-likeness (QED) is 0.820. The molecule has 0 aliphatic carbocycles. The van der Waals surface area contributed by atoms with E-state index in [1.807, 2.05) is 11.8 Å². The minimum absolute atomic E-state index is 0.0112. The van der Waals surface area contributed by atoms with Crippen LogP contribution in [0.25, 0.3) is 0 Å². The average Bonchev–Trinajstić information content (AvgIpc) is 3.22. The number of fused-ring (bicyclic) bond motifs is 1. The van der Waals surface area contributed by atoms with E-state index < -0.39 is 0 Å². The third-order valence-corrected chi connectivity index (χ3v) is 4.86. The molecule has 0 bridgehead atoms. The molecule has 120 valence electrons. The van der Waals surface area contributed by atoms with Crippen molar-refractivity contribution in [3.05, 3.63) is 18.0 Å². The Labute approximate surface area is 130 Å². The lowest BCUT2D eigenvalue weighted by Crippen LogP contribution is -2.40. The first-order valence-electron chi connectivity index (χ1n) is 7.86. The van der Waals surface area contributed by atoms with E-state index in [0.29, 0.717) is 18.3 Å². The summed E-state index contributed by atoms with van der Waals surface area (Å²) in [5.41, 5.74) is 0.890. The Hall–Kier alpha value is -1.89. The van der Waals surface area contributed by atoms with Crippen molar-refractivity contribution in [2.45, 2.75) is 19.4 Å². The Kier molecular flexibility index (Phi) is 4.15. The van der Waals surface area contributed by atoms with Gasteiger partial charge in [-0.25, -0.2) is 0 Å². The molecule has 3 atom stereocenters. The number of likely N-dealkylation sites (tertiary alicyclic amines) is 2. The number of rotatable bonds is 4. The van der Waals surface area contributed by atoms with Gasteiger partial charge in [-0.05, 0) is 11.8 Å². The molecule has 2 aliphatic heterocycles. The highest BCUT2D eigenvalue weighted by Crippen LogP contribution is 2.36. The number of nitrogens with one attached hydrogen (secondary N) is 2. The number of H-pyrrole nitrogens is 1. The van der Waals surface area contributed by atoms with Crippen LogP contribution in [0.4, 0.5) is 0 Å². The number of carbonyl (C=O) groups is 2. The van der Waals surface area contributed by atoms with Gasteiger partial charge in [0.2, 0.25) is 11.8 Å². The highest BCUT2D eigenvalue weighted by Gasteiger charge is 2.44. The molecular formula is C15H23N5O2. The van der Waals surface area contributed by atoms with Gasteiger partial charge in [-0.1, -0.05) is 6.92 Å². The highest BCUT2D eigenvalue weighted by molar-refractivity contribution is 5.82. The van der Waals surface area contributed by atoms with Crippen LogP contribution in [0.15, 0.2) is 12.4 Å². The molecule has 3 unspecified atom stereocenters. The summed E-state index contributed by atoms with van der Waals surface area (Å²) in [6.07, 6.45) is 4.06. The Morgan fingerprint density at radius 2 is 2.05 bits per heavy atom. The number of carbonyl (C=O) groups excluding carboxylic acids is 2. The van der Waals surface area contributed by atoms with Gasteiger partial charge in [0, 0.05) is 51.4 Å². The van der Waals surface area contributed by atoms with Gasteiger partial charge in [0.25, 0.3) is 0 Å². The fraction of sp³-hybridized carbons (Fsp3) is 0.667. The van der Waals surface area contributed by atoms with Crippen molar-refractivity contribution >= 4 is 11.8 Å². The van der Waals surface area contributed by atoms with E-state index in [1.54, 1.807) is 19.4 Å². The number of hydrogen-bond donors (Lipinski definition) is 2. The van der Waals surface area contributed by atoms with E-state index in [0.717, 1.165) is 31.7 Å². The minimum atomic E-state index is -0.301. The first kappa shape index (κ1) is 15.0. The zero-order chi connectivity index (χ0) is 15.7. The number of likely N-dealkylation sites (N-methyl/N-ethyl adjacent to an activating group) is 1. The number of aromatic nitrogens is 2. The molecule has 2 amide bonds.